The highest BCUT2D eigenvalue weighted by atomic mass is 79.9. The fourth-order valence-electron chi connectivity index (χ4n) is 1.63. The van der Waals surface area contributed by atoms with Gasteiger partial charge in [-0.15, -0.1) is 11.8 Å². The van der Waals surface area contributed by atoms with Gasteiger partial charge in [-0.2, -0.15) is 0 Å². The Balaban J connectivity index is 1.98. The normalized spacial score (nSPS) is 11.6. The molecule has 0 N–H and O–H groups in total. The summed E-state index contributed by atoms with van der Waals surface area (Å²) in [4.78, 5) is 8.47. The lowest BCUT2D eigenvalue weighted by molar-refractivity contribution is 0.590. The van der Waals surface area contributed by atoms with Crippen LogP contribution in [0.25, 0.3) is 0 Å². The van der Waals surface area contributed by atoms with E-state index in [-0.39, 0.29) is 5.41 Å². The quantitative estimate of drug-likeness (QED) is 0.751. The second kappa shape index (κ2) is 6.06. The van der Waals surface area contributed by atoms with Crippen molar-refractivity contribution < 1.29 is 0 Å². The standard InChI is InChI=1S/C15H17BrN2S/c1-15(2,3)12-6-4-11(5-7-12)10-19-14-9-17-13(16)8-18-14/h4-9H,10H2,1-3H3. The SMILES string of the molecule is CC(C)(C)c1ccc(CSc2cnc(Br)cn2)cc1. The van der Waals surface area contributed by atoms with Gasteiger partial charge in [0.2, 0.25) is 0 Å². The minimum Gasteiger partial charge on any atom is -0.245 e. The van der Waals surface area contributed by atoms with Gasteiger partial charge >= 0.3 is 0 Å². The Morgan fingerprint density at radius 3 is 2.26 bits per heavy atom. The summed E-state index contributed by atoms with van der Waals surface area (Å²) in [5.41, 5.74) is 2.88. The summed E-state index contributed by atoms with van der Waals surface area (Å²) in [6.45, 7) is 6.69. The van der Waals surface area contributed by atoms with Crippen molar-refractivity contribution in [2.24, 2.45) is 0 Å². The van der Waals surface area contributed by atoms with Crippen LogP contribution >= 0.6 is 27.7 Å². The Hall–Kier alpha value is -0.870. The largest absolute Gasteiger partial charge is 0.245 e. The number of hydrogen-bond acceptors (Lipinski definition) is 3. The van der Waals surface area contributed by atoms with Crippen LogP contribution < -0.4 is 0 Å². The average Bonchev–Trinajstić information content (AvgIpc) is 2.37. The zero-order valence-corrected chi connectivity index (χ0v) is 13.8. The van der Waals surface area contributed by atoms with Gasteiger partial charge in [0.05, 0.1) is 12.4 Å². The number of thioether (sulfide) groups is 1. The van der Waals surface area contributed by atoms with E-state index in [0.29, 0.717) is 0 Å². The van der Waals surface area contributed by atoms with Crippen LogP contribution in [0.2, 0.25) is 0 Å². The lowest BCUT2D eigenvalue weighted by Crippen LogP contribution is -2.10. The van der Waals surface area contributed by atoms with E-state index < -0.39 is 0 Å². The van der Waals surface area contributed by atoms with Crippen molar-refractivity contribution in [2.75, 3.05) is 0 Å². The number of rotatable bonds is 3. The summed E-state index contributed by atoms with van der Waals surface area (Å²) in [5, 5.41) is 0.947. The second-order valence-corrected chi connectivity index (χ2v) is 7.22. The van der Waals surface area contributed by atoms with Gasteiger partial charge in [-0.1, -0.05) is 45.0 Å². The Bertz CT molecular complexity index is 530. The minimum atomic E-state index is 0.211. The second-order valence-electron chi connectivity index (χ2n) is 5.41. The lowest BCUT2D eigenvalue weighted by Gasteiger charge is -2.19. The number of halogens is 1. The summed E-state index contributed by atoms with van der Waals surface area (Å²) < 4.78 is 0.770. The molecule has 0 amide bonds. The van der Waals surface area contributed by atoms with Crippen LogP contribution in [-0.4, -0.2) is 9.97 Å². The lowest BCUT2D eigenvalue weighted by atomic mass is 9.87. The Kier molecular flexibility index (Phi) is 4.63. The molecule has 100 valence electrons. The molecule has 1 aromatic carbocycles. The molecule has 0 fully saturated rings. The molecule has 19 heavy (non-hydrogen) atoms. The van der Waals surface area contributed by atoms with Crippen molar-refractivity contribution >= 4 is 27.7 Å². The molecule has 0 radical (unpaired) electrons. The van der Waals surface area contributed by atoms with E-state index in [9.17, 15) is 0 Å². The predicted octanol–water partition coefficient (Wildman–Crippen LogP) is 4.83. The van der Waals surface area contributed by atoms with Gasteiger partial charge in [0.25, 0.3) is 0 Å². The molecule has 2 nitrogen and oxygen atoms in total. The average molecular weight is 337 g/mol. The first-order valence-electron chi connectivity index (χ1n) is 6.15. The first-order chi connectivity index (χ1) is 8.95. The molecule has 0 atom stereocenters. The van der Waals surface area contributed by atoms with E-state index in [1.165, 1.54) is 11.1 Å². The number of aromatic nitrogens is 2. The summed E-state index contributed by atoms with van der Waals surface area (Å²) in [7, 11) is 0. The van der Waals surface area contributed by atoms with Crippen LogP contribution in [0.15, 0.2) is 46.3 Å². The molecule has 1 heterocycles. The third-order valence-electron chi connectivity index (χ3n) is 2.80. The summed E-state index contributed by atoms with van der Waals surface area (Å²) >= 11 is 4.99. The van der Waals surface area contributed by atoms with Gasteiger partial charge in [0.15, 0.2) is 0 Å². The van der Waals surface area contributed by atoms with Crippen LogP contribution in [0.5, 0.6) is 0 Å². The van der Waals surface area contributed by atoms with Crippen molar-refractivity contribution in [3.8, 4) is 0 Å². The van der Waals surface area contributed by atoms with Crippen LogP contribution in [-0.2, 0) is 11.2 Å². The van der Waals surface area contributed by atoms with E-state index in [0.717, 1.165) is 15.4 Å². The van der Waals surface area contributed by atoms with Gasteiger partial charge < -0.3 is 0 Å². The fraction of sp³-hybridized carbons (Fsp3) is 0.333. The summed E-state index contributed by atoms with van der Waals surface area (Å²) in [5.74, 6) is 0.917. The first-order valence-corrected chi connectivity index (χ1v) is 7.93. The molecule has 0 aliphatic heterocycles. The van der Waals surface area contributed by atoms with Crippen molar-refractivity contribution in [1.29, 1.82) is 0 Å². The summed E-state index contributed by atoms with van der Waals surface area (Å²) in [6.07, 6.45) is 3.52. The molecule has 0 aliphatic rings. The highest BCUT2D eigenvalue weighted by Crippen LogP contribution is 2.25. The molecule has 1 aromatic heterocycles. The van der Waals surface area contributed by atoms with Crippen LogP contribution in [0.4, 0.5) is 0 Å². The maximum atomic E-state index is 4.30. The van der Waals surface area contributed by atoms with Gasteiger partial charge in [-0.05, 0) is 32.5 Å². The van der Waals surface area contributed by atoms with E-state index in [1.807, 2.05) is 0 Å². The molecule has 2 aromatic rings. The first kappa shape index (κ1) is 14.5. The van der Waals surface area contributed by atoms with Gasteiger partial charge in [-0.25, -0.2) is 9.97 Å². The van der Waals surface area contributed by atoms with Crippen molar-refractivity contribution in [2.45, 2.75) is 37.0 Å². The van der Waals surface area contributed by atoms with E-state index in [4.69, 9.17) is 0 Å². The molecular weight excluding hydrogens is 320 g/mol. The third-order valence-corrected chi connectivity index (χ3v) is 4.20. The maximum absolute atomic E-state index is 4.30. The van der Waals surface area contributed by atoms with Gasteiger partial charge in [-0.3, -0.25) is 0 Å². The van der Waals surface area contributed by atoms with E-state index >= 15 is 0 Å². The van der Waals surface area contributed by atoms with Crippen molar-refractivity contribution in [3.05, 3.63) is 52.4 Å². The van der Waals surface area contributed by atoms with Crippen molar-refractivity contribution in [1.82, 2.24) is 9.97 Å². The van der Waals surface area contributed by atoms with Crippen LogP contribution in [0.1, 0.15) is 31.9 Å². The Morgan fingerprint density at radius 2 is 1.74 bits per heavy atom. The van der Waals surface area contributed by atoms with E-state index in [1.54, 1.807) is 24.2 Å². The highest BCUT2D eigenvalue weighted by Gasteiger charge is 2.12. The topological polar surface area (TPSA) is 25.8 Å². The Morgan fingerprint density at radius 1 is 1.05 bits per heavy atom. The van der Waals surface area contributed by atoms with Gasteiger partial charge in [0, 0.05) is 5.75 Å². The Labute approximate surface area is 127 Å². The molecule has 0 saturated heterocycles. The maximum Gasteiger partial charge on any atom is 0.124 e. The van der Waals surface area contributed by atoms with Gasteiger partial charge in [0.1, 0.15) is 9.63 Å². The smallest absolute Gasteiger partial charge is 0.124 e. The highest BCUT2D eigenvalue weighted by molar-refractivity contribution is 9.10. The molecule has 4 heteroatoms. The molecule has 0 aliphatic carbocycles. The van der Waals surface area contributed by atoms with Crippen LogP contribution in [0.3, 0.4) is 0 Å². The zero-order chi connectivity index (χ0) is 13.9. The molecular formula is C15H17BrN2S. The molecule has 0 saturated carbocycles. The molecule has 0 bridgehead atoms. The summed E-state index contributed by atoms with van der Waals surface area (Å²) in [6, 6.07) is 8.81. The monoisotopic (exact) mass is 336 g/mol. The molecule has 0 unspecified atom stereocenters. The third kappa shape index (κ3) is 4.32. The minimum absolute atomic E-state index is 0.211. The predicted molar refractivity (Wildman–Crippen MR) is 84.4 cm³/mol. The zero-order valence-electron chi connectivity index (χ0n) is 11.4. The molecule has 2 rings (SSSR count). The number of nitrogens with zero attached hydrogens (tertiary/aromatic N) is 2. The fourth-order valence-corrected chi connectivity index (χ4v) is 2.60. The number of hydrogen-bond donors (Lipinski definition) is 0. The molecule has 0 spiro atoms. The number of benzene rings is 1. The van der Waals surface area contributed by atoms with Crippen LogP contribution in [0, 0.1) is 0 Å². The van der Waals surface area contributed by atoms with Crippen molar-refractivity contribution in [3.63, 3.8) is 0 Å². The van der Waals surface area contributed by atoms with E-state index in [2.05, 4.69) is 70.9 Å².